The number of fused-ring (bicyclic) bond motifs is 1. The van der Waals surface area contributed by atoms with Crippen LogP contribution in [0.25, 0.3) is 10.8 Å². The van der Waals surface area contributed by atoms with Crippen LogP contribution in [0.3, 0.4) is 0 Å². The minimum atomic E-state index is -1.88. The zero-order valence-electron chi connectivity index (χ0n) is 23.2. The van der Waals surface area contributed by atoms with E-state index in [0.29, 0.717) is 28.6 Å². The molecule has 1 N–H and O–H groups in total. The van der Waals surface area contributed by atoms with Crippen LogP contribution in [0.2, 0.25) is 10.0 Å². The molecule has 2 unspecified atom stereocenters. The van der Waals surface area contributed by atoms with E-state index < -0.39 is 22.9 Å². The highest BCUT2D eigenvalue weighted by atomic mass is 35.5. The van der Waals surface area contributed by atoms with E-state index in [2.05, 4.69) is 0 Å². The molecular weight excluding hydrogens is 603 g/mol. The van der Waals surface area contributed by atoms with Gasteiger partial charge in [0.2, 0.25) is 11.5 Å². The van der Waals surface area contributed by atoms with E-state index in [4.69, 9.17) is 53.8 Å². The molecule has 0 aliphatic heterocycles. The molecule has 0 spiro atoms. The standard InChI is InChI=1S/C32H31Cl3O7/c1-3-5-17-39-28-26(42-31(38)32(35)16-10-9-13-25(32)36)21-15-14-20(33)19-23(21)27(29(28)40-18-6-4-2)41-30(37)22-11-7-8-12-24(22)34/h7-16,19,25,36H,3-6,17-18H2,1-2H3. The van der Waals surface area contributed by atoms with Gasteiger partial charge in [0.05, 0.1) is 23.8 Å². The van der Waals surface area contributed by atoms with Gasteiger partial charge in [-0.15, -0.1) is 0 Å². The van der Waals surface area contributed by atoms with Crippen molar-refractivity contribution in [2.75, 3.05) is 13.2 Å². The van der Waals surface area contributed by atoms with Gasteiger partial charge in [0, 0.05) is 15.8 Å². The third-order valence-electron chi connectivity index (χ3n) is 6.55. The van der Waals surface area contributed by atoms with E-state index in [1.165, 1.54) is 12.2 Å². The number of aliphatic hydroxyl groups excluding tert-OH is 1. The summed E-state index contributed by atoms with van der Waals surface area (Å²) >= 11 is 19.3. The quantitative estimate of drug-likeness (QED) is 0.0933. The lowest BCUT2D eigenvalue weighted by Crippen LogP contribution is -2.45. The predicted molar refractivity (Wildman–Crippen MR) is 165 cm³/mol. The first-order chi connectivity index (χ1) is 20.2. The molecule has 0 saturated heterocycles. The van der Waals surface area contributed by atoms with Crippen molar-refractivity contribution in [3.63, 3.8) is 0 Å². The van der Waals surface area contributed by atoms with E-state index in [-0.39, 0.29) is 46.8 Å². The van der Waals surface area contributed by atoms with Gasteiger partial charge in [-0.1, -0.05) is 91.9 Å². The average molecular weight is 634 g/mol. The molecule has 222 valence electrons. The van der Waals surface area contributed by atoms with Gasteiger partial charge in [0.1, 0.15) is 6.10 Å². The van der Waals surface area contributed by atoms with Crippen molar-refractivity contribution in [1.29, 1.82) is 0 Å². The van der Waals surface area contributed by atoms with Gasteiger partial charge >= 0.3 is 11.9 Å². The van der Waals surface area contributed by atoms with Crippen LogP contribution in [0.15, 0.2) is 66.8 Å². The highest BCUT2D eigenvalue weighted by Crippen LogP contribution is 2.53. The number of hydrogen-bond donors (Lipinski definition) is 1. The fourth-order valence-electron chi connectivity index (χ4n) is 4.19. The van der Waals surface area contributed by atoms with Crippen LogP contribution >= 0.6 is 34.8 Å². The Labute approximate surface area is 259 Å². The third-order valence-corrected chi connectivity index (χ3v) is 7.62. The maximum Gasteiger partial charge on any atom is 0.345 e. The summed E-state index contributed by atoms with van der Waals surface area (Å²) in [5.74, 6) is -1.54. The summed E-state index contributed by atoms with van der Waals surface area (Å²) in [5.41, 5.74) is 0.146. The van der Waals surface area contributed by atoms with Crippen molar-refractivity contribution in [3.05, 3.63) is 82.4 Å². The predicted octanol–water partition coefficient (Wildman–Crippen LogP) is 8.09. The van der Waals surface area contributed by atoms with Gasteiger partial charge < -0.3 is 24.1 Å². The van der Waals surface area contributed by atoms with Gasteiger partial charge in [-0.3, -0.25) is 0 Å². The Bertz CT molecular complexity index is 1520. The minimum absolute atomic E-state index is 0.0120. The minimum Gasteiger partial charge on any atom is -0.486 e. The number of unbranched alkanes of at least 4 members (excludes halogenated alkanes) is 2. The molecule has 1 aliphatic carbocycles. The highest BCUT2D eigenvalue weighted by molar-refractivity contribution is 6.37. The first-order valence-corrected chi connectivity index (χ1v) is 14.8. The molecule has 0 radical (unpaired) electrons. The Morgan fingerprint density at radius 2 is 1.50 bits per heavy atom. The molecule has 4 rings (SSSR count). The SMILES string of the molecule is CCCCOc1c(OCCCC)c(OC(=O)C2(Cl)C=CC=CC2O)c2ccc(Cl)cc2c1OC(=O)c1ccccc1Cl. The summed E-state index contributed by atoms with van der Waals surface area (Å²) in [6.45, 7) is 4.51. The van der Waals surface area contributed by atoms with Crippen LogP contribution in [0, 0.1) is 0 Å². The first-order valence-electron chi connectivity index (χ1n) is 13.7. The smallest absolute Gasteiger partial charge is 0.345 e. The number of ether oxygens (including phenoxy) is 4. The van der Waals surface area contributed by atoms with E-state index in [1.54, 1.807) is 54.6 Å². The number of rotatable bonds is 12. The molecule has 7 nitrogen and oxygen atoms in total. The first kappa shape index (κ1) is 31.7. The van der Waals surface area contributed by atoms with E-state index in [0.717, 1.165) is 12.8 Å². The molecule has 0 saturated carbocycles. The lowest BCUT2D eigenvalue weighted by molar-refractivity contribution is -0.138. The summed E-state index contributed by atoms with van der Waals surface area (Å²) in [4.78, 5) is 25.0. The maximum absolute atomic E-state index is 13.5. The van der Waals surface area contributed by atoms with Crippen molar-refractivity contribution in [3.8, 4) is 23.0 Å². The van der Waals surface area contributed by atoms with Crippen molar-refractivity contribution in [2.45, 2.75) is 50.5 Å². The van der Waals surface area contributed by atoms with E-state index >= 15 is 0 Å². The molecule has 42 heavy (non-hydrogen) atoms. The van der Waals surface area contributed by atoms with Crippen molar-refractivity contribution in [1.82, 2.24) is 0 Å². The lowest BCUT2D eigenvalue weighted by atomic mass is 9.96. The number of alkyl halides is 1. The number of carbonyl (C=O) groups excluding carboxylic acids is 2. The molecule has 3 aromatic rings. The van der Waals surface area contributed by atoms with Crippen LogP contribution in [0.1, 0.15) is 49.9 Å². The lowest BCUT2D eigenvalue weighted by Gasteiger charge is -2.28. The fourth-order valence-corrected chi connectivity index (χ4v) is 4.76. The second-order valence-corrected chi connectivity index (χ2v) is 11.1. The molecule has 1 aliphatic rings. The average Bonchev–Trinajstić information content (AvgIpc) is 2.97. The summed E-state index contributed by atoms with van der Waals surface area (Å²) in [7, 11) is 0. The van der Waals surface area contributed by atoms with Crippen LogP contribution < -0.4 is 18.9 Å². The molecule has 2 atom stereocenters. The van der Waals surface area contributed by atoms with Crippen molar-refractivity contribution >= 4 is 57.5 Å². The van der Waals surface area contributed by atoms with Crippen LogP contribution in [-0.2, 0) is 4.79 Å². The molecule has 10 heteroatoms. The molecule has 0 amide bonds. The van der Waals surface area contributed by atoms with Gasteiger partial charge in [-0.25, -0.2) is 9.59 Å². The normalized spacial score (nSPS) is 17.7. The highest BCUT2D eigenvalue weighted by Gasteiger charge is 2.44. The fraction of sp³-hybridized carbons (Fsp3) is 0.312. The van der Waals surface area contributed by atoms with Gasteiger partial charge in [-0.05, 0) is 49.2 Å². The second kappa shape index (κ2) is 14.3. The van der Waals surface area contributed by atoms with Crippen LogP contribution in [0.5, 0.6) is 23.0 Å². The zero-order chi connectivity index (χ0) is 30.3. The Morgan fingerprint density at radius 1 is 0.857 bits per heavy atom. The number of halogens is 3. The number of allylic oxidation sites excluding steroid dienone is 2. The van der Waals surface area contributed by atoms with Crippen LogP contribution in [0.4, 0.5) is 0 Å². The number of aliphatic hydroxyl groups is 1. The molecule has 0 fully saturated rings. The number of hydrogen-bond acceptors (Lipinski definition) is 7. The Hall–Kier alpha value is -3.23. The monoisotopic (exact) mass is 632 g/mol. The molecular formula is C32H31Cl3O7. The van der Waals surface area contributed by atoms with Crippen LogP contribution in [-0.4, -0.2) is 41.2 Å². The van der Waals surface area contributed by atoms with Crippen molar-refractivity contribution in [2.24, 2.45) is 0 Å². The zero-order valence-corrected chi connectivity index (χ0v) is 25.5. The number of carbonyl (C=O) groups is 2. The summed E-state index contributed by atoms with van der Waals surface area (Å²) in [6, 6.07) is 11.3. The van der Waals surface area contributed by atoms with Gasteiger partial charge in [0.25, 0.3) is 0 Å². The third kappa shape index (κ3) is 6.87. The van der Waals surface area contributed by atoms with Gasteiger partial charge in [-0.2, -0.15) is 0 Å². The maximum atomic E-state index is 13.5. The van der Waals surface area contributed by atoms with Gasteiger partial charge in [0.15, 0.2) is 16.4 Å². The number of esters is 2. The summed E-state index contributed by atoms with van der Waals surface area (Å²) < 4.78 is 24.3. The topological polar surface area (TPSA) is 91.3 Å². The largest absolute Gasteiger partial charge is 0.486 e. The summed E-state index contributed by atoms with van der Waals surface area (Å²) in [5, 5.41) is 11.7. The number of benzene rings is 3. The molecule has 0 bridgehead atoms. The Kier molecular flexibility index (Phi) is 10.8. The van der Waals surface area contributed by atoms with E-state index in [1.807, 2.05) is 13.8 Å². The van der Waals surface area contributed by atoms with Crippen molar-refractivity contribution < 1.29 is 33.6 Å². The summed E-state index contributed by atoms with van der Waals surface area (Å²) in [6.07, 6.45) is 7.56. The van der Waals surface area contributed by atoms with E-state index in [9.17, 15) is 14.7 Å². The molecule has 0 aromatic heterocycles. The second-order valence-electron chi connectivity index (χ2n) is 9.63. The molecule has 3 aromatic carbocycles. The Morgan fingerprint density at radius 3 is 2.12 bits per heavy atom. The Balaban J connectivity index is 1.94. The molecule has 0 heterocycles.